The Labute approximate surface area is 107 Å². The number of hydrogen-bond acceptors (Lipinski definition) is 3. The van der Waals surface area contributed by atoms with Crippen LogP contribution in [0.3, 0.4) is 0 Å². The van der Waals surface area contributed by atoms with Gasteiger partial charge in [0.1, 0.15) is 5.76 Å². The minimum absolute atomic E-state index is 0.860. The highest BCUT2D eigenvalue weighted by molar-refractivity contribution is 5.47. The van der Waals surface area contributed by atoms with Crippen molar-refractivity contribution < 1.29 is 4.42 Å². The van der Waals surface area contributed by atoms with Gasteiger partial charge in [-0.05, 0) is 45.0 Å². The van der Waals surface area contributed by atoms with Crippen molar-refractivity contribution in [3.63, 3.8) is 0 Å². The molecule has 2 aromatic heterocycles. The van der Waals surface area contributed by atoms with Crippen molar-refractivity contribution in [1.82, 2.24) is 14.5 Å². The molecule has 1 aliphatic heterocycles. The normalized spacial score (nSPS) is 16.5. The predicted octanol–water partition coefficient (Wildman–Crippen LogP) is 2.55. The van der Waals surface area contributed by atoms with E-state index >= 15 is 0 Å². The van der Waals surface area contributed by atoms with Crippen LogP contribution in [0.5, 0.6) is 0 Å². The molecule has 0 unspecified atom stereocenters. The van der Waals surface area contributed by atoms with Gasteiger partial charge in [0.25, 0.3) is 0 Å². The number of aromatic nitrogens is 2. The molecule has 3 rings (SSSR count). The molecular weight excluding hydrogens is 226 g/mol. The van der Waals surface area contributed by atoms with Crippen LogP contribution >= 0.6 is 0 Å². The lowest BCUT2D eigenvalue weighted by Crippen LogP contribution is -2.24. The Bertz CT molecular complexity index is 509. The lowest BCUT2D eigenvalue weighted by atomic mass is 10.4. The molecule has 0 N–H and O–H groups in total. The molecule has 0 saturated carbocycles. The zero-order valence-electron chi connectivity index (χ0n) is 10.8. The number of hydrogen-bond donors (Lipinski definition) is 0. The summed E-state index contributed by atoms with van der Waals surface area (Å²) in [6.45, 7) is 6.52. The maximum Gasteiger partial charge on any atom is 0.176 e. The van der Waals surface area contributed by atoms with E-state index in [2.05, 4.69) is 14.5 Å². The summed E-state index contributed by atoms with van der Waals surface area (Å²) in [6.07, 6.45) is 6.56. The van der Waals surface area contributed by atoms with Gasteiger partial charge in [0, 0.05) is 25.5 Å². The number of likely N-dealkylation sites (tertiary alicyclic amines) is 1. The number of furan rings is 1. The van der Waals surface area contributed by atoms with Gasteiger partial charge in [0.05, 0.1) is 0 Å². The van der Waals surface area contributed by atoms with E-state index in [0.717, 1.165) is 30.4 Å². The average Bonchev–Trinajstić information content (AvgIpc) is 3.07. The topological polar surface area (TPSA) is 34.2 Å². The average molecular weight is 245 g/mol. The first-order valence-corrected chi connectivity index (χ1v) is 6.63. The molecule has 0 atom stereocenters. The fraction of sp³-hybridized carbons (Fsp3) is 0.500. The van der Waals surface area contributed by atoms with E-state index in [9.17, 15) is 0 Å². The predicted molar refractivity (Wildman–Crippen MR) is 70.3 cm³/mol. The van der Waals surface area contributed by atoms with Crippen LogP contribution in [-0.2, 0) is 6.54 Å². The molecule has 96 valence electrons. The summed E-state index contributed by atoms with van der Waals surface area (Å²) in [5.74, 6) is 2.72. The van der Waals surface area contributed by atoms with E-state index in [0.29, 0.717) is 0 Å². The summed E-state index contributed by atoms with van der Waals surface area (Å²) >= 11 is 0. The molecule has 2 aromatic rings. The molecule has 1 aliphatic rings. The van der Waals surface area contributed by atoms with Gasteiger partial charge in [0.2, 0.25) is 0 Å². The Kier molecular flexibility index (Phi) is 3.19. The summed E-state index contributed by atoms with van der Waals surface area (Å²) in [6, 6.07) is 3.97. The molecule has 0 amide bonds. The van der Waals surface area contributed by atoms with E-state index in [4.69, 9.17) is 4.42 Å². The fourth-order valence-electron chi connectivity index (χ4n) is 2.52. The second-order valence-electron chi connectivity index (χ2n) is 4.90. The maximum atomic E-state index is 5.64. The zero-order chi connectivity index (χ0) is 12.4. The van der Waals surface area contributed by atoms with Crippen molar-refractivity contribution in [1.29, 1.82) is 0 Å². The first kappa shape index (κ1) is 11.5. The van der Waals surface area contributed by atoms with E-state index in [1.165, 1.54) is 25.9 Å². The van der Waals surface area contributed by atoms with Crippen molar-refractivity contribution in [3.05, 3.63) is 30.3 Å². The fourth-order valence-corrected chi connectivity index (χ4v) is 2.52. The SMILES string of the molecule is Cc1ccc(-c2nccn2CCN2CCCC2)o1. The lowest BCUT2D eigenvalue weighted by molar-refractivity contribution is 0.322. The van der Waals surface area contributed by atoms with Crippen molar-refractivity contribution in [2.45, 2.75) is 26.3 Å². The Balaban J connectivity index is 1.71. The quantitative estimate of drug-likeness (QED) is 0.830. The van der Waals surface area contributed by atoms with Gasteiger partial charge in [-0.25, -0.2) is 4.98 Å². The first-order chi connectivity index (χ1) is 8.83. The molecule has 0 radical (unpaired) electrons. The molecule has 18 heavy (non-hydrogen) atoms. The van der Waals surface area contributed by atoms with Gasteiger partial charge in [-0.3, -0.25) is 0 Å². The second-order valence-corrected chi connectivity index (χ2v) is 4.90. The largest absolute Gasteiger partial charge is 0.458 e. The number of nitrogens with zero attached hydrogens (tertiary/aromatic N) is 3. The summed E-state index contributed by atoms with van der Waals surface area (Å²) in [4.78, 5) is 6.91. The van der Waals surface area contributed by atoms with Gasteiger partial charge < -0.3 is 13.9 Å². The molecule has 4 heteroatoms. The minimum Gasteiger partial charge on any atom is -0.458 e. The van der Waals surface area contributed by atoms with Gasteiger partial charge in [-0.2, -0.15) is 0 Å². The molecule has 1 fully saturated rings. The molecular formula is C14H19N3O. The van der Waals surface area contributed by atoms with Gasteiger partial charge in [0.15, 0.2) is 11.6 Å². The van der Waals surface area contributed by atoms with Crippen molar-refractivity contribution in [3.8, 4) is 11.6 Å². The van der Waals surface area contributed by atoms with Crippen LogP contribution in [0.4, 0.5) is 0 Å². The highest BCUT2D eigenvalue weighted by Crippen LogP contribution is 2.20. The van der Waals surface area contributed by atoms with Crippen molar-refractivity contribution in [2.24, 2.45) is 0 Å². The van der Waals surface area contributed by atoms with E-state index in [-0.39, 0.29) is 0 Å². The van der Waals surface area contributed by atoms with Gasteiger partial charge in [-0.1, -0.05) is 0 Å². The number of rotatable bonds is 4. The molecule has 3 heterocycles. The third kappa shape index (κ3) is 2.34. The van der Waals surface area contributed by atoms with E-state index < -0.39 is 0 Å². The molecule has 0 spiro atoms. The van der Waals surface area contributed by atoms with Crippen molar-refractivity contribution in [2.75, 3.05) is 19.6 Å². The van der Waals surface area contributed by atoms with Crippen LogP contribution in [0.2, 0.25) is 0 Å². The van der Waals surface area contributed by atoms with Gasteiger partial charge >= 0.3 is 0 Å². The standard InChI is InChI=1S/C14H19N3O/c1-12-4-5-13(18-12)14-15-6-9-17(14)11-10-16-7-2-3-8-16/h4-6,9H,2-3,7-8,10-11H2,1H3. The first-order valence-electron chi connectivity index (χ1n) is 6.63. The second kappa shape index (κ2) is 4.98. The maximum absolute atomic E-state index is 5.64. The van der Waals surface area contributed by atoms with Crippen LogP contribution in [0.15, 0.2) is 28.9 Å². The highest BCUT2D eigenvalue weighted by Gasteiger charge is 2.13. The van der Waals surface area contributed by atoms with Crippen LogP contribution in [-0.4, -0.2) is 34.1 Å². The minimum atomic E-state index is 0.860. The molecule has 4 nitrogen and oxygen atoms in total. The zero-order valence-corrected chi connectivity index (χ0v) is 10.8. The summed E-state index contributed by atoms with van der Waals surface area (Å²) < 4.78 is 7.82. The molecule has 1 saturated heterocycles. The molecule has 0 aliphatic carbocycles. The third-order valence-electron chi connectivity index (χ3n) is 3.53. The molecule has 0 bridgehead atoms. The highest BCUT2D eigenvalue weighted by atomic mass is 16.3. The van der Waals surface area contributed by atoms with E-state index in [1.54, 1.807) is 0 Å². The molecule has 0 aromatic carbocycles. The Hall–Kier alpha value is -1.55. The van der Waals surface area contributed by atoms with Crippen LogP contribution in [0.1, 0.15) is 18.6 Å². The van der Waals surface area contributed by atoms with E-state index in [1.807, 2.05) is 31.5 Å². The van der Waals surface area contributed by atoms with Crippen LogP contribution in [0.25, 0.3) is 11.6 Å². The summed E-state index contributed by atoms with van der Waals surface area (Å²) in [7, 11) is 0. The van der Waals surface area contributed by atoms with Crippen LogP contribution in [0, 0.1) is 6.92 Å². The van der Waals surface area contributed by atoms with Gasteiger partial charge in [-0.15, -0.1) is 0 Å². The van der Waals surface area contributed by atoms with Crippen LogP contribution < -0.4 is 0 Å². The monoisotopic (exact) mass is 245 g/mol. The number of aryl methyl sites for hydroxylation is 1. The smallest absolute Gasteiger partial charge is 0.176 e. The summed E-state index contributed by atoms with van der Waals surface area (Å²) in [5, 5.41) is 0. The summed E-state index contributed by atoms with van der Waals surface area (Å²) in [5.41, 5.74) is 0. The lowest BCUT2D eigenvalue weighted by Gasteiger charge is -2.15. The Morgan fingerprint density at radius 1 is 1.22 bits per heavy atom. The Morgan fingerprint density at radius 2 is 2.06 bits per heavy atom. The van der Waals surface area contributed by atoms with Crippen molar-refractivity contribution >= 4 is 0 Å². The Morgan fingerprint density at radius 3 is 2.78 bits per heavy atom. The number of imidazole rings is 1. The third-order valence-corrected chi connectivity index (χ3v) is 3.53.